The maximum atomic E-state index is 5.94. The van der Waals surface area contributed by atoms with E-state index < -0.39 is 0 Å². The highest BCUT2D eigenvalue weighted by Crippen LogP contribution is 2.21. The number of benzene rings is 1. The smallest absolute Gasteiger partial charge is 0.0830 e. The van der Waals surface area contributed by atoms with Gasteiger partial charge in [0.1, 0.15) is 0 Å². The molecule has 1 heterocycles. The maximum absolute atomic E-state index is 5.94. The van der Waals surface area contributed by atoms with Crippen molar-refractivity contribution in [2.45, 2.75) is 19.3 Å². The molecule has 0 saturated carbocycles. The van der Waals surface area contributed by atoms with Gasteiger partial charge in [-0.15, -0.1) is 0 Å². The fraction of sp³-hybridized carbons (Fsp3) is 0.273. The van der Waals surface area contributed by atoms with Crippen molar-refractivity contribution in [3.8, 4) is 0 Å². The number of H-pyrrole nitrogens is 1. The van der Waals surface area contributed by atoms with Crippen LogP contribution in [0.15, 0.2) is 30.5 Å². The molecule has 0 amide bonds. The largest absolute Gasteiger partial charge is 0.198 e. The lowest BCUT2D eigenvalue weighted by molar-refractivity contribution is 0.736. The molecule has 1 aromatic heterocycles. The molecule has 1 atom stereocenters. The Balaban J connectivity index is 2.11. The number of aromatic nitrogens is 3. The van der Waals surface area contributed by atoms with Crippen molar-refractivity contribution in [1.29, 1.82) is 0 Å². The number of nitrogens with one attached hydrogen (secondary N) is 1. The van der Waals surface area contributed by atoms with Crippen LogP contribution >= 0.6 is 11.6 Å². The minimum Gasteiger partial charge on any atom is -0.198 e. The van der Waals surface area contributed by atoms with Crippen molar-refractivity contribution in [3.05, 3.63) is 46.7 Å². The molecule has 4 heteroatoms. The molecule has 0 aliphatic rings. The van der Waals surface area contributed by atoms with Crippen molar-refractivity contribution in [2.24, 2.45) is 0 Å². The second-order valence-corrected chi connectivity index (χ2v) is 4.06. The molecule has 0 saturated heterocycles. The summed E-state index contributed by atoms with van der Waals surface area (Å²) in [5.74, 6) is 0.397. The van der Waals surface area contributed by atoms with E-state index in [2.05, 4.69) is 28.4 Å². The van der Waals surface area contributed by atoms with E-state index in [4.69, 9.17) is 11.6 Å². The van der Waals surface area contributed by atoms with Crippen LogP contribution in [0.3, 0.4) is 0 Å². The minimum absolute atomic E-state index is 0.397. The number of rotatable bonds is 3. The lowest BCUT2D eigenvalue weighted by Gasteiger charge is -2.09. The molecule has 0 fully saturated rings. The molecule has 2 rings (SSSR count). The van der Waals surface area contributed by atoms with Crippen molar-refractivity contribution in [3.63, 3.8) is 0 Å². The van der Waals surface area contributed by atoms with Crippen LogP contribution < -0.4 is 0 Å². The van der Waals surface area contributed by atoms with E-state index in [0.29, 0.717) is 5.92 Å². The zero-order valence-electron chi connectivity index (χ0n) is 8.44. The average Bonchev–Trinajstić information content (AvgIpc) is 2.70. The van der Waals surface area contributed by atoms with Gasteiger partial charge in [-0.05, 0) is 30.0 Å². The van der Waals surface area contributed by atoms with E-state index >= 15 is 0 Å². The third-order valence-electron chi connectivity index (χ3n) is 2.40. The zero-order chi connectivity index (χ0) is 10.7. The summed E-state index contributed by atoms with van der Waals surface area (Å²) in [5, 5.41) is 11.2. The van der Waals surface area contributed by atoms with Gasteiger partial charge < -0.3 is 0 Å². The number of halogens is 1. The Morgan fingerprint density at radius 1 is 1.47 bits per heavy atom. The molecule has 1 N–H and O–H groups in total. The van der Waals surface area contributed by atoms with Gasteiger partial charge in [0.05, 0.1) is 11.9 Å². The monoisotopic (exact) mass is 221 g/mol. The van der Waals surface area contributed by atoms with Crippen LogP contribution in [0.25, 0.3) is 0 Å². The van der Waals surface area contributed by atoms with Gasteiger partial charge in [-0.1, -0.05) is 30.7 Å². The van der Waals surface area contributed by atoms with Crippen LogP contribution in [0.1, 0.15) is 24.1 Å². The van der Waals surface area contributed by atoms with Crippen LogP contribution in [0.4, 0.5) is 0 Å². The summed E-state index contributed by atoms with van der Waals surface area (Å²) in [6, 6.07) is 7.92. The summed E-state index contributed by atoms with van der Waals surface area (Å²) in [6.45, 7) is 2.15. The third-order valence-corrected chi connectivity index (χ3v) is 2.63. The zero-order valence-corrected chi connectivity index (χ0v) is 9.20. The summed E-state index contributed by atoms with van der Waals surface area (Å²) < 4.78 is 0. The fourth-order valence-corrected chi connectivity index (χ4v) is 1.77. The first kappa shape index (κ1) is 10.2. The Kier molecular flexibility index (Phi) is 3.02. The van der Waals surface area contributed by atoms with Crippen LogP contribution in [0.5, 0.6) is 0 Å². The molecule has 1 aromatic carbocycles. The van der Waals surface area contributed by atoms with Crippen LogP contribution in [-0.2, 0) is 6.42 Å². The Morgan fingerprint density at radius 3 is 3.00 bits per heavy atom. The lowest BCUT2D eigenvalue weighted by Crippen LogP contribution is -1.98. The van der Waals surface area contributed by atoms with Gasteiger partial charge in [-0.3, -0.25) is 0 Å². The SMILES string of the molecule is CC(Cc1cn[nH]n1)c1cccc(Cl)c1. The Bertz CT molecular complexity index is 425. The van der Waals surface area contributed by atoms with Crippen LogP contribution in [0, 0.1) is 0 Å². The highest BCUT2D eigenvalue weighted by atomic mass is 35.5. The van der Waals surface area contributed by atoms with E-state index in [1.807, 2.05) is 18.2 Å². The predicted octanol–water partition coefficient (Wildman–Crippen LogP) is 2.80. The second kappa shape index (κ2) is 4.45. The highest BCUT2D eigenvalue weighted by molar-refractivity contribution is 6.30. The first-order valence-corrected chi connectivity index (χ1v) is 5.23. The Morgan fingerprint density at radius 2 is 2.33 bits per heavy atom. The topological polar surface area (TPSA) is 41.6 Å². The van der Waals surface area contributed by atoms with Crippen molar-refractivity contribution >= 4 is 11.6 Å². The number of aromatic amines is 1. The molecule has 0 aliphatic heterocycles. The first-order chi connectivity index (χ1) is 7.25. The summed E-state index contributed by atoms with van der Waals surface area (Å²) in [4.78, 5) is 0. The van der Waals surface area contributed by atoms with Gasteiger partial charge >= 0.3 is 0 Å². The molecular weight excluding hydrogens is 210 g/mol. The summed E-state index contributed by atoms with van der Waals surface area (Å²) >= 11 is 5.94. The molecule has 0 radical (unpaired) electrons. The van der Waals surface area contributed by atoms with E-state index in [-0.39, 0.29) is 0 Å². The molecule has 2 aromatic rings. The van der Waals surface area contributed by atoms with E-state index in [0.717, 1.165) is 17.1 Å². The molecule has 0 aliphatic carbocycles. The molecule has 0 bridgehead atoms. The van der Waals surface area contributed by atoms with Gasteiger partial charge in [0.15, 0.2) is 0 Å². The third kappa shape index (κ3) is 2.57. The number of nitrogens with zero attached hydrogens (tertiary/aromatic N) is 2. The first-order valence-electron chi connectivity index (χ1n) is 4.86. The van der Waals surface area contributed by atoms with E-state index in [1.54, 1.807) is 6.20 Å². The quantitative estimate of drug-likeness (QED) is 0.866. The van der Waals surface area contributed by atoms with Gasteiger partial charge in [0.25, 0.3) is 0 Å². The lowest BCUT2D eigenvalue weighted by atomic mass is 9.97. The molecular formula is C11H12ClN3. The van der Waals surface area contributed by atoms with Crippen LogP contribution in [-0.4, -0.2) is 15.4 Å². The van der Waals surface area contributed by atoms with Crippen molar-refractivity contribution < 1.29 is 0 Å². The minimum atomic E-state index is 0.397. The second-order valence-electron chi connectivity index (χ2n) is 3.62. The van der Waals surface area contributed by atoms with Gasteiger partial charge in [-0.25, -0.2) is 0 Å². The normalized spacial score (nSPS) is 12.7. The van der Waals surface area contributed by atoms with E-state index in [1.165, 1.54) is 5.56 Å². The van der Waals surface area contributed by atoms with Crippen molar-refractivity contribution in [1.82, 2.24) is 15.4 Å². The number of hydrogen-bond donors (Lipinski definition) is 1. The average molecular weight is 222 g/mol. The van der Waals surface area contributed by atoms with E-state index in [9.17, 15) is 0 Å². The molecule has 0 spiro atoms. The van der Waals surface area contributed by atoms with Gasteiger partial charge in [0, 0.05) is 5.02 Å². The van der Waals surface area contributed by atoms with Gasteiger partial charge in [-0.2, -0.15) is 15.4 Å². The Labute approximate surface area is 93.5 Å². The highest BCUT2D eigenvalue weighted by Gasteiger charge is 2.08. The standard InChI is InChI=1S/C11H12ClN3/c1-8(5-11-7-13-15-14-11)9-3-2-4-10(12)6-9/h2-4,6-8H,5H2,1H3,(H,13,14,15). The molecule has 15 heavy (non-hydrogen) atoms. The summed E-state index contributed by atoms with van der Waals surface area (Å²) in [7, 11) is 0. The molecule has 1 unspecified atom stereocenters. The molecule has 78 valence electrons. The fourth-order valence-electron chi connectivity index (χ4n) is 1.57. The summed E-state index contributed by atoms with van der Waals surface area (Å²) in [5.41, 5.74) is 2.20. The Hall–Kier alpha value is -1.35. The predicted molar refractivity (Wildman–Crippen MR) is 60.0 cm³/mol. The number of hydrogen-bond acceptors (Lipinski definition) is 2. The molecule has 3 nitrogen and oxygen atoms in total. The van der Waals surface area contributed by atoms with Crippen LogP contribution in [0.2, 0.25) is 5.02 Å². The van der Waals surface area contributed by atoms with Gasteiger partial charge in [0.2, 0.25) is 0 Å². The maximum Gasteiger partial charge on any atom is 0.0830 e. The summed E-state index contributed by atoms with van der Waals surface area (Å²) in [6.07, 6.45) is 2.62. The van der Waals surface area contributed by atoms with Crippen molar-refractivity contribution in [2.75, 3.05) is 0 Å².